The summed E-state index contributed by atoms with van der Waals surface area (Å²) < 4.78 is 168. The van der Waals surface area contributed by atoms with Crippen LogP contribution < -0.4 is 5.32 Å². The summed E-state index contributed by atoms with van der Waals surface area (Å²) in [6, 6.07) is 25.5. The topological polar surface area (TPSA) is 135 Å². The third kappa shape index (κ3) is 15.2. The molecule has 3 N–H and O–H groups in total. The molecule has 2 saturated heterocycles. The van der Waals surface area contributed by atoms with E-state index in [0.717, 1.165) is 46.5 Å². The number of alkyl halides is 12. The van der Waals surface area contributed by atoms with Crippen LogP contribution in [0.15, 0.2) is 140 Å². The lowest BCUT2D eigenvalue weighted by atomic mass is 9.90. The molecule has 0 saturated carbocycles. The molecule has 4 heterocycles. The average Bonchev–Trinajstić information content (AvgIpc) is 0.815. The molecule has 0 spiro atoms. The molecular formula is C62H65F12N7O5. The fraction of sp³-hybridized carbons (Fsp3) is 0.419. The first-order valence-electron chi connectivity index (χ1n) is 27.8. The number of hydrogen-bond donors (Lipinski definition) is 3. The van der Waals surface area contributed by atoms with Gasteiger partial charge in [-0.25, -0.2) is 0 Å². The van der Waals surface area contributed by atoms with E-state index < -0.39 is 65.1 Å². The molecule has 24 heteroatoms. The van der Waals surface area contributed by atoms with Crippen molar-refractivity contribution < 1.29 is 77.2 Å². The van der Waals surface area contributed by atoms with Gasteiger partial charge in [0.05, 0.1) is 6.10 Å². The number of halogens is 12. The van der Waals surface area contributed by atoms with Gasteiger partial charge in [-0.1, -0.05) is 91.0 Å². The highest BCUT2D eigenvalue weighted by Crippen LogP contribution is 2.51. The smallest absolute Gasteiger partial charge is 0.430 e. The molecular weight excluding hydrogens is 1150 g/mol. The summed E-state index contributed by atoms with van der Waals surface area (Å²) in [5.41, 5.74) is -6.67. The Bertz CT molecular complexity index is 3180. The van der Waals surface area contributed by atoms with Crippen LogP contribution in [0.3, 0.4) is 0 Å². The highest BCUT2D eigenvalue weighted by molar-refractivity contribution is 5.77. The molecule has 4 aromatic carbocycles. The van der Waals surface area contributed by atoms with Gasteiger partial charge in [0.25, 0.3) is 11.2 Å². The second-order valence-corrected chi connectivity index (χ2v) is 22.2. The summed E-state index contributed by atoms with van der Waals surface area (Å²) in [4.78, 5) is 44.9. The predicted molar refractivity (Wildman–Crippen MR) is 295 cm³/mol. The molecule has 4 atom stereocenters. The minimum Gasteiger partial charge on any atom is -0.461 e. The summed E-state index contributed by atoms with van der Waals surface area (Å²) in [5.74, 6) is -0.624. The van der Waals surface area contributed by atoms with Crippen molar-refractivity contribution in [1.29, 1.82) is 0 Å². The highest BCUT2D eigenvalue weighted by atomic mass is 19.4. The first-order chi connectivity index (χ1) is 40.4. The van der Waals surface area contributed by atoms with E-state index in [1.54, 1.807) is 69.0 Å². The van der Waals surface area contributed by atoms with Gasteiger partial charge in [-0.05, 0) is 108 Å². The van der Waals surface area contributed by atoms with Crippen LogP contribution in [0.25, 0.3) is 22.3 Å². The Hall–Kier alpha value is -6.96. The predicted octanol–water partition coefficient (Wildman–Crippen LogP) is 11.4. The van der Waals surface area contributed by atoms with Crippen molar-refractivity contribution in [2.75, 3.05) is 39.3 Å². The first kappa shape index (κ1) is 65.0. The van der Waals surface area contributed by atoms with Crippen molar-refractivity contribution in [3.63, 3.8) is 0 Å². The second-order valence-electron chi connectivity index (χ2n) is 22.2. The van der Waals surface area contributed by atoms with Gasteiger partial charge in [0, 0.05) is 120 Å². The van der Waals surface area contributed by atoms with Gasteiger partial charge in [0.15, 0.2) is 0 Å². The normalized spacial score (nSPS) is 18.2. The van der Waals surface area contributed by atoms with Crippen molar-refractivity contribution in [3.8, 4) is 22.3 Å². The van der Waals surface area contributed by atoms with E-state index in [4.69, 9.17) is 4.74 Å². The van der Waals surface area contributed by atoms with Gasteiger partial charge >= 0.3 is 30.7 Å². The average molecular weight is 1220 g/mol. The van der Waals surface area contributed by atoms with Gasteiger partial charge in [0.2, 0.25) is 5.91 Å². The quantitative estimate of drug-likeness (QED) is 0.0498. The van der Waals surface area contributed by atoms with Crippen LogP contribution in [0.5, 0.6) is 0 Å². The van der Waals surface area contributed by atoms with Gasteiger partial charge in [-0.3, -0.25) is 39.2 Å². The molecule has 3 unspecified atom stereocenters. The van der Waals surface area contributed by atoms with E-state index in [-0.39, 0.29) is 24.4 Å². The Morgan fingerprint density at radius 2 is 0.977 bits per heavy atom. The number of nitrogens with one attached hydrogen (secondary N) is 1. The number of carbonyl (C=O) groups is 2. The number of amides is 1. The Morgan fingerprint density at radius 3 is 1.48 bits per heavy atom. The lowest BCUT2D eigenvalue weighted by Gasteiger charge is -2.41. The summed E-state index contributed by atoms with van der Waals surface area (Å²) in [6.07, 6.45) is -16.8. The van der Waals surface area contributed by atoms with Crippen LogP contribution in [0.4, 0.5) is 52.7 Å². The van der Waals surface area contributed by atoms with E-state index >= 15 is 0 Å². The number of esters is 1. The Labute approximate surface area is 489 Å². The monoisotopic (exact) mass is 1220 g/mol. The zero-order chi connectivity index (χ0) is 62.4. The Balaban J connectivity index is 0.872. The lowest BCUT2D eigenvalue weighted by Crippen LogP contribution is -2.56. The van der Waals surface area contributed by atoms with E-state index in [9.17, 15) is 72.5 Å². The second kappa shape index (κ2) is 26.6. The fourth-order valence-electron chi connectivity index (χ4n) is 11.1. The van der Waals surface area contributed by atoms with E-state index in [1.165, 1.54) is 0 Å². The fourth-order valence-corrected chi connectivity index (χ4v) is 11.1. The van der Waals surface area contributed by atoms with Crippen LogP contribution >= 0.6 is 0 Å². The first-order valence-corrected chi connectivity index (χ1v) is 27.8. The van der Waals surface area contributed by atoms with Gasteiger partial charge in [-0.2, -0.15) is 52.7 Å². The van der Waals surface area contributed by atoms with Gasteiger partial charge in [-0.15, -0.1) is 0 Å². The number of aryl methyl sites for hydroxylation is 1. The van der Waals surface area contributed by atoms with E-state index in [0.29, 0.717) is 130 Å². The maximum atomic E-state index is 14.2. The summed E-state index contributed by atoms with van der Waals surface area (Å²) in [5, 5.41) is 22.8. The van der Waals surface area contributed by atoms with Crippen molar-refractivity contribution in [2.45, 2.75) is 126 Å². The van der Waals surface area contributed by atoms with E-state index in [2.05, 4.69) is 30.0 Å². The molecule has 0 aliphatic carbocycles. The molecule has 2 aromatic heterocycles. The van der Waals surface area contributed by atoms with Crippen LogP contribution in [-0.4, -0.2) is 140 Å². The molecule has 86 heavy (non-hydrogen) atoms. The van der Waals surface area contributed by atoms with Crippen LogP contribution in [0.1, 0.15) is 72.1 Å². The number of benzene rings is 4. The maximum Gasteiger partial charge on any atom is 0.430 e. The molecule has 12 nitrogen and oxygen atoms in total. The molecule has 2 aliphatic rings. The van der Waals surface area contributed by atoms with Crippen molar-refractivity contribution in [1.82, 2.24) is 34.9 Å². The van der Waals surface area contributed by atoms with Gasteiger partial charge < -0.3 is 20.3 Å². The number of carbonyl (C=O) groups excluding carboxylic acids is 2. The Kier molecular flexibility index (Phi) is 20.1. The third-order valence-corrected chi connectivity index (χ3v) is 15.9. The molecule has 6 aromatic rings. The SMILES string of the molecule is Cc1cc(CN2CCN(Cc3ccncc3)C[C@H]2CC(=O)NC(C)CCC(C)OC(=O)C2CN(Cc3ccc(-c4ccc(C(O)(C(F)(F)F)C(F)(F)F)cc4)cc3)CCN2Cc2ccncc2)ccc1-c1ccc(C(O)(C(F)(F)F)C(F)(F)F)cc1. The van der Waals surface area contributed by atoms with Crippen molar-refractivity contribution >= 4 is 11.9 Å². The van der Waals surface area contributed by atoms with E-state index in [1.807, 2.05) is 48.2 Å². The molecule has 462 valence electrons. The molecule has 2 aliphatic heterocycles. The number of aliphatic hydroxyl groups is 2. The molecule has 8 rings (SSSR count). The summed E-state index contributed by atoms with van der Waals surface area (Å²) >= 11 is 0. The minimum absolute atomic E-state index is 0.144. The number of aromatic nitrogens is 2. The zero-order valence-corrected chi connectivity index (χ0v) is 47.1. The third-order valence-electron chi connectivity index (χ3n) is 15.9. The number of piperazine rings is 2. The maximum absolute atomic E-state index is 14.2. The number of hydrogen-bond acceptors (Lipinski definition) is 11. The van der Waals surface area contributed by atoms with Crippen LogP contribution in [-0.2, 0) is 51.7 Å². The summed E-state index contributed by atoms with van der Waals surface area (Å²) in [7, 11) is 0. The molecule has 1 amide bonds. The highest BCUT2D eigenvalue weighted by Gasteiger charge is 2.72. The zero-order valence-electron chi connectivity index (χ0n) is 47.1. The molecule has 2 fully saturated rings. The molecule has 0 bridgehead atoms. The number of pyridine rings is 2. The largest absolute Gasteiger partial charge is 0.461 e. The molecule has 0 radical (unpaired) electrons. The summed E-state index contributed by atoms with van der Waals surface area (Å²) in [6.45, 7) is 10.5. The van der Waals surface area contributed by atoms with Crippen LogP contribution in [0, 0.1) is 6.92 Å². The lowest BCUT2D eigenvalue weighted by molar-refractivity contribution is -0.376. The number of ether oxygens (including phenoxy) is 1. The minimum atomic E-state index is -6.01. The standard InChI is InChI=1S/C62H65F12N7O5/c1-40-32-46(8-19-53(40)49-13-17-51(18-14-49)58(85,61(69,70)71)62(72,73)74)37-80-30-28-78(35-44-20-24-75-25-21-44)38-52(80)33-55(82)77-41(2)4-5-42(3)86-56(83)54-39-79(29-31-81(54)36-45-22-26-76-27-23-45)34-43-6-9-47(10-7-43)48-11-15-50(16-12-48)57(84,59(63,64)65)60(66,67)68/h6-27,32,41-42,52,54,84-85H,4-5,28-31,33-39H2,1-3H3,(H,77,82)/t41?,42?,52-,54?/m1/s1. The Morgan fingerprint density at radius 1 is 0.547 bits per heavy atom. The number of nitrogens with zero attached hydrogens (tertiary/aromatic N) is 6. The van der Waals surface area contributed by atoms with Crippen molar-refractivity contribution in [2.24, 2.45) is 0 Å². The van der Waals surface area contributed by atoms with Crippen LogP contribution in [0.2, 0.25) is 0 Å². The number of rotatable bonds is 20. The van der Waals surface area contributed by atoms with Crippen molar-refractivity contribution in [3.05, 3.63) is 179 Å². The van der Waals surface area contributed by atoms with Gasteiger partial charge in [0.1, 0.15) is 6.04 Å².